The van der Waals surface area contributed by atoms with E-state index >= 15 is 0 Å². The molecular formula is C19H23ClNO5S+. The highest BCUT2D eigenvalue weighted by atomic mass is 35.5. The number of amides is 2. The zero-order chi connectivity index (χ0) is 20.4. The van der Waals surface area contributed by atoms with Crippen molar-refractivity contribution in [2.45, 2.75) is 44.9 Å². The molecule has 0 aliphatic carbocycles. The SMILES string of the molecule is CC(=O)SC(C(=O)c1ccc(Cl)cc1)C(C)C(=O)[N+]1(C(=O)O)CCC[C@H]1C. The largest absolute Gasteiger partial charge is 0.521 e. The Labute approximate surface area is 167 Å². The minimum Gasteiger partial charge on any atom is -0.435 e. The third kappa shape index (κ3) is 4.25. The summed E-state index contributed by atoms with van der Waals surface area (Å²) in [6.07, 6.45) is 0.0458. The van der Waals surface area contributed by atoms with Crippen LogP contribution in [-0.4, -0.2) is 50.3 Å². The molecule has 1 aromatic rings. The number of likely N-dealkylation sites (tertiary alicyclic amines) is 1. The highest BCUT2D eigenvalue weighted by molar-refractivity contribution is 8.14. The fourth-order valence-corrected chi connectivity index (χ4v) is 4.66. The Morgan fingerprint density at radius 3 is 2.26 bits per heavy atom. The maximum Gasteiger partial charge on any atom is 0.521 e. The number of hydrogen-bond donors (Lipinski definition) is 1. The zero-order valence-corrected chi connectivity index (χ0v) is 17.0. The number of rotatable bonds is 5. The second-order valence-electron chi connectivity index (χ2n) is 6.89. The van der Waals surface area contributed by atoms with Crippen molar-refractivity contribution < 1.29 is 28.8 Å². The summed E-state index contributed by atoms with van der Waals surface area (Å²) in [5.74, 6) is -1.85. The summed E-state index contributed by atoms with van der Waals surface area (Å²) < 4.78 is -0.690. The molecule has 0 aromatic heterocycles. The lowest BCUT2D eigenvalue weighted by Gasteiger charge is -2.33. The third-order valence-corrected chi connectivity index (χ3v) is 6.60. The number of benzene rings is 1. The lowest BCUT2D eigenvalue weighted by atomic mass is 9.96. The Kier molecular flexibility index (Phi) is 6.83. The molecule has 146 valence electrons. The van der Waals surface area contributed by atoms with Crippen LogP contribution < -0.4 is 0 Å². The molecule has 1 heterocycles. The van der Waals surface area contributed by atoms with Gasteiger partial charge in [0.05, 0.1) is 17.7 Å². The van der Waals surface area contributed by atoms with E-state index in [-0.39, 0.29) is 23.5 Å². The van der Waals surface area contributed by atoms with Crippen molar-refractivity contribution in [3.63, 3.8) is 0 Å². The number of nitrogens with zero attached hydrogens (tertiary/aromatic N) is 1. The summed E-state index contributed by atoms with van der Waals surface area (Å²) in [5, 5.41) is 8.95. The van der Waals surface area contributed by atoms with Gasteiger partial charge in [0.2, 0.25) is 0 Å². The Morgan fingerprint density at radius 1 is 1.22 bits per heavy atom. The topological polar surface area (TPSA) is 88.5 Å². The molecule has 3 unspecified atom stereocenters. The molecule has 0 spiro atoms. The van der Waals surface area contributed by atoms with Gasteiger partial charge in [-0.3, -0.25) is 9.59 Å². The molecule has 1 saturated heterocycles. The number of quaternary nitrogens is 1. The number of hydrogen-bond acceptors (Lipinski definition) is 5. The monoisotopic (exact) mass is 412 g/mol. The molecule has 2 rings (SSSR count). The van der Waals surface area contributed by atoms with E-state index < -0.39 is 27.7 Å². The average Bonchev–Trinajstić information content (AvgIpc) is 3.01. The van der Waals surface area contributed by atoms with Crippen molar-refractivity contribution in [2.24, 2.45) is 5.92 Å². The van der Waals surface area contributed by atoms with E-state index in [1.807, 2.05) is 0 Å². The number of ketones is 1. The van der Waals surface area contributed by atoms with Crippen molar-refractivity contribution in [3.8, 4) is 0 Å². The summed E-state index contributed by atoms with van der Waals surface area (Å²) in [6.45, 7) is 4.79. The second kappa shape index (κ2) is 8.54. The molecule has 0 bridgehead atoms. The van der Waals surface area contributed by atoms with Crippen LogP contribution in [0.3, 0.4) is 0 Å². The molecule has 0 saturated carbocycles. The predicted octanol–water partition coefficient (Wildman–Crippen LogP) is 4.01. The van der Waals surface area contributed by atoms with Gasteiger partial charge >= 0.3 is 12.0 Å². The van der Waals surface area contributed by atoms with E-state index in [2.05, 4.69) is 0 Å². The van der Waals surface area contributed by atoms with Gasteiger partial charge < -0.3 is 5.11 Å². The highest BCUT2D eigenvalue weighted by Gasteiger charge is 2.56. The highest BCUT2D eigenvalue weighted by Crippen LogP contribution is 2.34. The molecule has 1 aliphatic heterocycles. The molecule has 27 heavy (non-hydrogen) atoms. The Morgan fingerprint density at radius 2 is 1.81 bits per heavy atom. The molecule has 2 amide bonds. The Bertz CT molecular complexity index is 766. The van der Waals surface area contributed by atoms with Crippen LogP contribution in [0.25, 0.3) is 0 Å². The van der Waals surface area contributed by atoms with E-state index in [0.29, 0.717) is 23.4 Å². The Hall–Kier alpha value is -1.70. The average molecular weight is 413 g/mol. The van der Waals surface area contributed by atoms with Gasteiger partial charge in [-0.15, -0.1) is 0 Å². The lowest BCUT2D eigenvalue weighted by molar-refractivity contribution is -0.794. The van der Waals surface area contributed by atoms with Crippen LogP contribution in [0.4, 0.5) is 4.79 Å². The molecule has 0 radical (unpaired) electrons. The summed E-state index contributed by atoms with van der Waals surface area (Å²) in [7, 11) is 0. The minimum atomic E-state index is -1.21. The molecule has 6 nitrogen and oxygen atoms in total. The van der Waals surface area contributed by atoms with Crippen molar-refractivity contribution in [2.75, 3.05) is 6.54 Å². The van der Waals surface area contributed by atoms with E-state index in [1.165, 1.54) is 26.0 Å². The summed E-state index contributed by atoms with van der Waals surface area (Å²) in [4.78, 5) is 49.9. The number of carbonyl (C=O) groups excluding carboxylic acids is 3. The second-order valence-corrected chi connectivity index (χ2v) is 8.65. The number of Topliss-reactive ketones (excluding diaryl/α,β-unsaturated/α-hetero) is 1. The first-order valence-electron chi connectivity index (χ1n) is 8.74. The smallest absolute Gasteiger partial charge is 0.435 e. The van der Waals surface area contributed by atoms with Gasteiger partial charge in [0.25, 0.3) is 0 Å². The normalized spacial score (nSPS) is 24.2. The van der Waals surface area contributed by atoms with Gasteiger partial charge in [0.1, 0.15) is 6.04 Å². The van der Waals surface area contributed by atoms with Gasteiger partial charge in [0.15, 0.2) is 10.9 Å². The molecule has 1 aromatic carbocycles. The molecule has 8 heteroatoms. The molecule has 4 atom stereocenters. The van der Waals surface area contributed by atoms with E-state index in [0.717, 1.165) is 11.8 Å². The van der Waals surface area contributed by atoms with Crippen LogP contribution in [-0.2, 0) is 9.59 Å². The first-order valence-corrected chi connectivity index (χ1v) is 9.99. The van der Waals surface area contributed by atoms with Gasteiger partial charge in [0, 0.05) is 30.4 Å². The van der Waals surface area contributed by atoms with Gasteiger partial charge in [-0.25, -0.2) is 4.79 Å². The number of imide groups is 1. The van der Waals surface area contributed by atoms with Gasteiger partial charge in [-0.05, 0) is 38.1 Å². The van der Waals surface area contributed by atoms with Crippen molar-refractivity contribution >= 4 is 46.3 Å². The molecule has 1 N–H and O–H groups in total. The molecule has 1 fully saturated rings. The van der Waals surface area contributed by atoms with E-state index in [1.54, 1.807) is 19.1 Å². The fourth-order valence-electron chi connectivity index (χ4n) is 3.62. The standard InChI is InChI=1S/C19H22ClNO5S/c1-11-5-4-10-21(11,19(25)26)18(24)12(2)17(27-13(3)22)16(23)14-6-8-15(20)9-7-14/h6-9,11-12,17H,4-5,10H2,1-3H3/p+1/t11-,12?,17?,21?/m1/s1. The number of thioether (sulfide) groups is 1. The quantitative estimate of drug-likeness (QED) is 0.580. The van der Waals surface area contributed by atoms with Gasteiger partial charge in [-0.1, -0.05) is 23.4 Å². The molecule has 1 aliphatic rings. The first-order chi connectivity index (χ1) is 12.6. The fraction of sp³-hybridized carbons (Fsp3) is 0.474. The van der Waals surface area contributed by atoms with Crippen LogP contribution in [0.15, 0.2) is 24.3 Å². The van der Waals surface area contributed by atoms with Crippen molar-refractivity contribution in [1.29, 1.82) is 0 Å². The van der Waals surface area contributed by atoms with E-state index in [4.69, 9.17) is 11.6 Å². The summed E-state index contributed by atoms with van der Waals surface area (Å²) in [6, 6.07) is 5.83. The van der Waals surface area contributed by atoms with Crippen molar-refractivity contribution in [3.05, 3.63) is 34.9 Å². The minimum absolute atomic E-state index is 0.201. The van der Waals surface area contributed by atoms with Crippen LogP contribution in [0, 0.1) is 5.92 Å². The maximum absolute atomic E-state index is 13.2. The third-order valence-electron chi connectivity index (χ3n) is 5.14. The predicted molar refractivity (Wildman–Crippen MR) is 104 cm³/mol. The maximum atomic E-state index is 13.2. The van der Waals surface area contributed by atoms with E-state index in [9.17, 15) is 24.3 Å². The Balaban J connectivity index is 2.39. The molecular weight excluding hydrogens is 390 g/mol. The van der Waals surface area contributed by atoms with Crippen molar-refractivity contribution in [1.82, 2.24) is 0 Å². The first kappa shape index (κ1) is 21.6. The number of halogens is 1. The number of carboxylic acid groups (broad SMARTS) is 1. The summed E-state index contributed by atoms with van der Waals surface area (Å²) >= 11 is 6.62. The van der Waals surface area contributed by atoms with Crippen LogP contribution >= 0.6 is 23.4 Å². The lowest BCUT2D eigenvalue weighted by Crippen LogP contribution is -2.61. The number of carbonyl (C=O) groups is 4. The van der Waals surface area contributed by atoms with Gasteiger partial charge in [-0.2, -0.15) is 9.28 Å². The zero-order valence-electron chi connectivity index (χ0n) is 15.5. The van der Waals surface area contributed by atoms with Crippen LogP contribution in [0.1, 0.15) is 44.0 Å². The van der Waals surface area contributed by atoms with Crippen LogP contribution in [0.2, 0.25) is 5.02 Å². The van der Waals surface area contributed by atoms with Crippen LogP contribution in [0.5, 0.6) is 0 Å². The summed E-state index contributed by atoms with van der Waals surface area (Å²) in [5.41, 5.74) is 0.328.